The number of nitrogens with zero attached hydrogens (tertiary/aromatic N) is 6. The molecule has 1 aromatic heterocycles. The number of urea groups is 1. The molecule has 7 rings (SSSR count). The summed E-state index contributed by atoms with van der Waals surface area (Å²) in [5.41, 5.74) is 0.401. The number of amides is 6. The molecule has 0 atom stereocenters. The first-order valence-electron chi connectivity index (χ1n) is 20.2. The molecule has 0 spiro atoms. The van der Waals surface area contributed by atoms with Gasteiger partial charge in [-0.25, -0.2) is 14.2 Å². The fourth-order valence-electron chi connectivity index (χ4n) is 8.09. The smallest absolute Gasteiger partial charge is 0.342 e. The van der Waals surface area contributed by atoms with E-state index in [9.17, 15) is 24.0 Å². The van der Waals surface area contributed by atoms with Gasteiger partial charge in [-0.2, -0.15) is 13.8 Å². The number of carbonyl (C=O) groups is 5. The van der Waals surface area contributed by atoms with E-state index in [0.29, 0.717) is 62.4 Å². The van der Waals surface area contributed by atoms with Crippen molar-refractivity contribution in [2.24, 2.45) is 0 Å². The maximum atomic E-state index is 15.6. The van der Waals surface area contributed by atoms with Crippen molar-refractivity contribution in [1.82, 2.24) is 25.5 Å². The summed E-state index contributed by atoms with van der Waals surface area (Å²) >= 11 is 0. The van der Waals surface area contributed by atoms with Crippen LogP contribution in [0.25, 0.3) is 0 Å². The SMILES string of the molecule is COc1cc(C(=O)NC2CCN(C(=O)CCCOc3ccc(OC)c(N4CCC(=O)NC4=O)c3)CC2)c(F)cc1Nc1ncc2c(n1)N(C1CCCC1)CC(F)(F)C(=O)N2C. The molecule has 6 amide bonds. The van der Waals surface area contributed by atoms with Crippen molar-refractivity contribution in [3.05, 3.63) is 47.9 Å². The minimum absolute atomic E-state index is 0.0484. The molecule has 4 heterocycles. The monoisotopic (exact) mass is 851 g/mol. The maximum Gasteiger partial charge on any atom is 0.342 e. The largest absolute Gasteiger partial charge is 0.495 e. The third-order valence-electron chi connectivity index (χ3n) is 11.4. The Hall–Kier alpha value is -6.34. The third-order valence-corrected chi connectivity index (χ3v) is 11.4. The summed E-state index contributed by atoms with van der Waals surface area (Å²) in [5, 5.41) is 8.04. The van der Waals surface area contributed by atoms with Crippen molar-refractivity contribution in [3.8, 4) is 17.2 Å². The van der Waals surface area contributed by atoms with Gasteiger partial charge in [-0.05, 0) is 50.3 Å². The van der Waals surface area contributed by atoms with Gasteiger partial charge in [0.15, 0.2) is 5.82 Å². The van der Waals surface area contributed by atoms with E-state index in [0.717, 1.165) is 23.8 Å². The second kappa shape index (κ2) is 18.1. The van der Waals surface area contributed by atoms with Crippen molar-refractivity contribution in [3.63, 3.8) is 0 Å². The van der Waals surface area contributed by atoms with Gasteiger partial charge in [0, 0.05) is 63.7 Å². The van der Waals surface area contributed by atoms with Crippen LogP contribution in [0.15, 0.2) is 36.5 Å². The fourth-order valence-corrected chi connectivity index (χ4v) is 8.09. The van der Waals surface area contributed by atoms with Crippen LogP contribution in [0, 0.1) is 5.82 Å². The molecule has 2 saturated heterocycles. The molecule has 1 aliphatic carbocycles. The highest BCUT2D eigenvalue weighted by Crippen LogP contribution is 2.40. The predicted octanol–water partition coefficient (Wildman–Crippen LogP) is 4.76. The summed E-state index contributed by atoms with van der Waals surface area (Å²) in [6.45, 7) is 0.383. The number of nitrogens with one attached hydrogen (secondary N) is 3. The number of halogens is 3. The van der Waals surface area contributed by atoms with Gasteiger partial charge in [0.2, 0.25) is 17.8 Å². The van der Waals surface area contributed by atoms with Crippen LogP contribution in [-0.4, -0.2) is 117 Å². The minimum atomic E-state index is -3.64. The summed E-state index contributed by atoms with van der Waals surface area (Å²) in [4.78, 5) is 77.2. The summed E-state index contributed by atoms with van der Waals surface area (Å²) < 4.78 is 62.4. The van der Waals surface area contributed by atoms with Gasteiger partial charge in [0.05, 0.1) is 50.5 Å². The van der Waals surface area contributed by atoms with Crippen molar-refractivity contribution >= 4 is 58.5 Å². The molecular weight excluding hydrogens is 803 g/mol. The highest BCUT2D eigenvalue weighted by atomic mass is 19.3. The number of anilines is 5. The Labute approximate surface area is 349 Å². The van der Waals surface area contributed by atoms with Crippen LogP contribution in [0.5, 0.6) is 17.2 Å². The van der Waals surface area contributed by atoms with E-state index in [-0.39, 0.29) is 84.3 Å². The molecule has 2 aromatic carbocycles. The van der Waals surface area contributed by atoms with Crippen LogP contribution in [0.1, 0.15) is 68.1 Å². The van der Waals surface area contributed by atoms with Gasteiger partial charge in [0.25, 0.3) is 11.8 Å². The third kappa shape index (κ3) is 9.36. The van der Waals surface area contributed by atoms with Crippen LogP contribution >= 0.6 is 0 Å². The first kappa shape index (κ1) is 42.8. The molecule has 3 aromatic rings. The molecule has 3 N–H and O–H groups in total. The molecule has 61 heavy (non-hydrogen) atoms. The summed E-state index contributed by atoms with van der Waals surface area (Å²) in [5.74, 6) is -5.83. The Bertz CT molecular complexity index is 2180. The summed E-state index contributed by atoms with van der Waals surface area (Å²) in [6, 6.07) is 6.21. The first-order chi connectivity index (χ1) is 29.3. The fraction of sp³-hybridized carbons (Fsp3) is 0.488. The molecule has 0 bridgehead atoms. The van der Waals surface area contributed by atoms with Gasteiger partial charge >= 0.3 is 12.0 Å². The molecule has 3 fully saturated rings. The Balaban J connectivity index is 0.914. The zero-order chi connectivity index (χ0) is 43.4. The zero-order valence-corrected chi connectivity index (χ0v) is 34.1. The Kier molecular flexibility index (Phi) is 12.7. The number of alkyl halides is 2. The van der Waals surface area contributed by atoms with Gasteiger partial charge in [-0.3, -0.25) is 29.4 Å². The lowest BCUT2D eigenvalue weighted by Crippen LogP contribution is -2.49. The van der Waals surface area contributed by atoms with Crippen LogP contribution in [0.4, 0.5) is 46.8 Å². The number of likely N-dealkylation sites (tertiary alicyclic amines) is 1. The Morgan fingerprint density at radius 3 is 2.41 bits per heavy atom. The number of piperidine rings is 1. The average Bonchev–Trinajstić information content (AvgIpc) is 3.77. The van der Waals surface area contributed by atoms with E-state index in [4.69, 9.17) is 14.2 Å². The second-order valence-corrected chi connectivity index (χ2v) is 15.4. The highest BCUT2D eigenvalue weighted by Gasteiger charge is 2.49. The van der Waals surface area contributed by atoms with Crippen molar-refractivity contribution in [2.45, 2.75) is 75.8 Å². The molecule has 1 saturated carbocycles. The number of fused-ring (bicyclic) bond motifs is 1. The second-order valence-electron chi connectivity index (χ2n) is 15.4. The Morgan fingerprint density at radius 1 is 0.967 bits per heavy atom. The van der Waals surface area contributed by atoms with E-state index >= 15 is 13.2 Å². The van der Waals surface area contributed by atoms with Crippen LogP contribution in [-0.2, 0) is 14.4 Å². The molecule has 326 valence electrons. The van der Waals surface area contributed by atoms with Crippen LogP contribution in [0.2, 0.25) is 0 Å². The predicted molar refractivity (Wildman–Crippen MR) is 217 cm³/mol. The van der Waals surface area contributed by atoms with Crippen LogP contribution in [0.3, 0.4) is 0 Å². The average molecular weight is 852 g/mol. The van der Waals surface area contributed by atoms with Gasteiger partial charge in [0.1, 0.15) is 28.8 Å². The molecule has 0 unspecified atom stereocenters. The van der Waals surface area contributed by atoms with Crippen molar-refractivity contribution < 1.29 is 51.4 Å². The minimum Gasteiger partial charge on any atom is -0.495 e. The van der Waals surface area contributed by atoms with Crippen molar-refractivity contribution in [2.75, 3.05) is 74.1 Å². The quantitative estimate of drug-likeness (QED) is 0.201. The topological polar surface area (TPSA) is 188 Å². The summed E-state index contributed by atoms with van der Waals surface area (Å²) in [7, 11) is 4.08. The first-order valence-corrected chi connectivity index (χ1v) is 20.2. The lowest BCUT2D eigenvalue weighted by Gasteiger charge is -2.32. The molecule has 3 aliphatic heterocycles. The van der Waals surface area contributed by atoms with E-state index < -0.39 is 36.1 Å². The Morgan fingerprint density at radius 2 is 1.70 bits per heavy atom. The number of rotatable bonds is 13. The number of imide groups is 1. The van der Waals surface area contributed by atoms with E-state index in [1.165, 1.54) is 43.3 Å². The van der Waals surface area contributed by atoms with E-state index in [2.05, 4.69) is 25.9 Å². The number of hydrogen-bond acceptors (Lipinski definition) is 12. The standard InChI is InChI=1S/C41H48F3N9O8/c1-50-31-22-45-39(49-36(31)53(25-7-4-5-8-25)23-41(43,44)38(50)57)47-29-21-28(42)27(20-33(29)60-3)37(56)46-24-12-15-51(16-13-24)35(55)9-6-18-61-26-10-11-32(59-2)30(19-26)52-17-14-34(54)48-40(52)58/h10-11,19-22,24-25H,4-9,12-18,23H2,1-3H3,(H,46,56)(H,45,47,49)(H,48,54,58). The highest BCUT2D eigenvalue weighted by molar-refractivity contribution is 6.06. The zero-order valence-electron chi connectivity index (χ0n) is 34.1. The number of ether oxygens (including phenoxy) is 3. The molecule has 4 aliphatic rings. The number of hydrogen-bond donors (Lipinski definition) is 3. The molecule has 0 radical (unpaired) electrons. The van der Waals surface area contributed by atoms with Crippen LogP contribution < -0.4 is 44.9 Å². The van der Waals surface area contributed by atoms with E-state index in [1.54, 1.807) is 23.1 Å². The number of benzene rings is 2. The number of methoxy groups -OCH3 is 2. The molecule has 20 heteroatoms. The number of aromatic nitrogens is 2. The lowest BCUT2D eigenvalue weighted by molar-refractivity contribution is -0.140. The van der Waals surface area contributed by atoms with Gasteiger partial charge in [-0.1, -0.05) is 12.8 Å². The number of carbonyl (C=O) groups excluding carboxylic acids is 5. The maximum absolute atomic E-state index is 15.6. The normalized spacial score (nSPS) is 18.4. The van der Waals surface area contributed by atoms with Gasteiger partial charge in [-0.15, -0.1) is 0 Å². The van der Waals surface area contributed by atoms with Gasteiger partial charge < -0.3 is 39.5 Å². The summed E-state index contributed by atoms with van der Waals surface area (Å²) in [6.07, 6.45) is 6.05. The van der Waals surface area contributed by atoms with Crippen molar-refractivity contribution in [1.29, 1.82) is 0 Å². The molecule has 17 nitrogen and oxygen atoms in total. The lowest BCUT2D eigenvalue weighted by atomic mass is 10.0. The van der Waals surface area contributed by atoms with E-state index in [1.807, 2.05) is 0 Å². The molecular formula is C41H48F3N9O8.